The molecule has 88 valence electrons. The molecule has 1 heterocycles. The van der Waals surface area contributed by atoms with E-state index in [1.165, 1.54) is 0 Å². The van der Waals surface area contributed by atoms with Crippen LogP contribution < -0.4 is 10.6 Å². The molecule has 1 amide bonds. The molecule has 0 aromatic carbocycles. The van der Waals surface area contributed by atoms with Crippen molar-refractivity contribution in [3.05, 3.63) is 24.0 Å². The summed E-state index contributed by atoms with van der Waals surface area (Å²) in [7, 11) is 1.56. The molecule has 0 aliphatic rings. The maximum Gasteiger partial charge on any atom is 0.269 e. The van der Waals surface area contributed by atoms with Crippen molar-refractivity contribution in [2.45, 2.75) is 19.4 Å². The summed E-state index contributed by atoms with van der Waals surface area (Å²) in [5, 5.41) is 14.7. The lowest BCUT2D eigenvalue weighted by molar-refractivity contribution is 0.0958. The van der Waals surface area contributed by atoms with Gasteiger partial charge in [0.1, 0.15) is 5.69 Å². The standard InChI is InChI=1S/C11H17N3O2/c1-3-8(7-15)14-9-4-5-13-10(6-9)11(16)12-2/h4-6,8,15H,3,7H2,1-2H3,(H,12,16)(H,13,14). The molecular weight excluding hydrogens is 206 g/mol. The van der Waals surface area contributed by atoms with Crippen LogP contribution in [0.4, 0.5) is 5.69 Å². The molecule has 0 radical (unpaired) electrons. The van der Waals surface area contributed by atoms with E-state index in [2.05, 4.69) is 15.6 Å². The third kappa shape index (κ3) is 3.20. The van der Waals surface area contributed by atoms with Crippen molar-refractivity contribution in [1.82, 2.24) is 10.3 Å². The molecule has 3 N–H and O–H groups in total. The number of rotatable bonds is 5. The third-order valence-corrected chi connectivity index (χ3v) is 2.30. The number of hydrogen-bond acceptors (Lipinski definition) is 4. The molecule has 1 rings (SSSR count). The van der Waals surface area contributed by atoms with Crippen LogP contribution in [0.25, 0.3) is 0 Å². The number of aliphatic hydroxyl groups is 1. The maximum absolute atomic E-state index is 11.3. The predicted molar refractivity (Wildman–Crippen MR) is 62.4 cm³/mol. The molecule has 0 bridgehead atoms. The predicted octanol–water partition coefficient (Wildman–Crippen LogP) is 0.624. The first kappa shape index (κ1) is 12.4. The number of nitrogens with zero attached hydrogens (tertiary/aromatic N) is 1. The van der Waals surface area contributed by atoms with E-state index in [0.717, 1.165) is 12.1 Å². The summed E-state index contributed by atoms with van der Waals surface area (Å²) in [5.41, 5.74) is 1.15. The second-order valence-corrected chi connectivity index (χ2v) is 3.44. The summed E-state index contributed by atoms with van der Waals surface area (Å²) in [6, 6.07) is 3.43. The average Bonchev–Trinajstić information content (AvgIpc) is 2.35. The summed E-state index contributed by atoms with van der Waals surface area (Å²) in [5.74, 6) is -0.222. The van der Waals surface area contributed by atoms with Gasteiger partial charge in [0.25, 0.3) is 5.91 Å². The van der Waals surface area contributed by atoms with Crippen molar-refractivity contribution in [2.75, 3.05) is 19.0 Å². The normalized spacial score (nSPS) is 11.9. The summed E-state index contributed by atoms with van der Waals surface area (Å²) in [4.78, 5) is 15.3. The van der Waals surface area contributed by atoms with Crippen LogP contribution in [0.1, 0.15) is 23.8 Å². The minimum atomic E-state index is -0.222. The molecule has 0 aliphatic carbocycles. The van der Waals surface area contributed by atoms with Crippen molar-refractivity contribution in [1.29, 1.82) is 0 Å². The van der Waals surface area contributed by atoms with Crippen LogP contribution in [-0.2, 0) is 0 Å². The van der Waals surface area contributed by atoms with Gasteiger partial charge in [0, 0.05) is 25.0 Å². The van der Waals surface area contributed by atoms with Gasteiger partial charge in [0.2, 0.25) is 0 Å². The number of amides is 1. The Morgan fingerprint density at radius 2 is 2.38 bits per heavy atom. The smallest absolute Gasteiger partial charge is 0.269 e. The molecule has 1 unspecified atom stereocenters. The largest absolute Gasteiger partial charge is 0.394 e. The lowest BCUT2D eigenvalue weighted by Crippen LogP contribution is -2.23. The van der Waals surface area contributed by atoms with Gasteiger partial charge in [-0.3, -0.25) is 9.78 Å². The van der Waals surface area contributed by atoms with Crippen LogP contribution >= 0.6 is 0 Å². The Morgan fingerprint density at radius 3 is 2.94 bits per heavy atom. The molecule has 1 aromatic rings. The molecular formula is C11H17N3O2. The maximum atomic E-state index is 11.3. The van der Waals surface area contributed by atoms with Crippen LogP contribution in [0.2, 0.25) is 0 Å². The van der Waals surface area contributed by atoms with Gasteiger partial charge in [0.15, 0.2) is 0 Å². The first-order valence-electron chi connectivity index (χ1n) is 5.26. The van der Waals surface area contributed by atoms with Gasteiger partial charge in [-0.05, 0) is 18.6 Å². The Hall–Kier alpha value is -1.62. The van der Waals surface area contributed by atoms with Crippen LogP contribution in [0.3, 0.4) is 0 Å². The fraction of sp³-hybridized carbons (Fsp3) is 0.455. The molecule has 0 saturated carbocycles. The molecule has 0 fully saturated rings. The van der Waals surface area contributed by atoms with Crippen molar-refractivity contribution < 1.29 is 9.90 Å². The summed E-state index contributed by atoms with van der Waals surface area (Å²) < 4.78 is 0. The van der Waals surface area contributed by atoms with E-state index in [4.69, 9.17) is 5.11 Å². The summed E-state index contributed by atoms with van der Waals surface area (Å²) >= 11 is 0. The zero-order valence-electron chi connectivity index (χ0n) is 9.53. The van der Waals surface area contributed by atoms with Crippen LogP contribution in [0.15, 0.2) is 18.3 Å². The lowest BCUT2D eigenvalue weighted by Gasteiger charge is -2.15. The van der Waals surface area contributed by atoms with E-state index >= 15 is 0 Å². The molecule has 1 atom stereocenters. The van der Waals surface area contributed by atoms with Gasteiger partial charge in [-0.2, -0.15) is 0 Å². The first-order valence-corrected chi connectivity index (χ1v) is 5.26. The minimum absolute atomic E-state index is 0.0000576. The molecule has 0 aliphatic heterocycles. The van der Waals surface area contributed by atoms with Crippen LogP contribution in [-0.4, -0.2) is 35.7 Å². The number of carbonyl (C=O) groups excluding carboxylic acids is 1. The van der Waals surface area contributed by atoms with Gasteiger partial charge in [0.05, 0.1) is 6.61 Å². The highest BCUT2D eigenvalue weighted by Gasteiger charge is 2.08. The third-order valence-electron chi connectivity index (χ3n) is 2.30. The topological polar surface area (TPSA) is 74.2 Å². The molecule has 5 heteroatoms. The fourth-order valence-electron chi connectivity index (χ4n) is 1.29. The van der Waals surface area contributed by atoms with Crippen LogP contribution in [0, 0.1) is 0 Å². The van der Waals surface area contributed by atoms with E-state index in [9.17, 15) is 4.79 Å². The van der Waals surface area contributed by atoms with Gasteiger partial charge in [-0.1, -0.05) is 6.92 Å². The van der Waals surface area contributed by atoms with Crippen molar-refractivity contribution >= 4 is 11.6 Å². The fourth-order valence-corrected chi connectivity index (χ4v) is 1.29. The highest BCUT2D eigenvalue weighted by Crippen LogP contribution is 2.10. The number of nitrogens with one attached hydrogen (secondary N) is 2. The van der Waals surface area contributed by atoms with Crippen LogP contribution in [0.5, 0.6) is 0 Å². The van der Waals surface area contributed by atoms with Gasteiger partial charge < -0.3 is 15.7 Å². The zero-order valence-corrected chi connectivity index (χ0v) is 9.53. The summed E-state index contributed by atoms with van der Waals surface area (Å²) in [6.07, 6.45) is 2.38. The van der Waals surface area contributed by atoms with Gasteiger partial charge >= 0.3 is 0 Å². The van der Waals surface area contributed by atoms with E-state index in [0.29, 0.717) is 5.69 Å². The number of aromatic nitrogens is 1. The lowest BCUT2D eigenvalue weighted by atomic mass is 10.2. The van der Waals surface area contributed by atoms with Gasteiger partial charge in [-0.15, -0.1) is 0 Å². The SMILES string of the molecule is CCC(CO)Nc1ccnc(C(=O)NC)c1. The number of aliphatic hydroxyl groups excluding tert-OH is 1. The first-order chi connectivity index (χ1) is 7.71. The number of hydrogen-bond donors (Lipinski definition) is 3. The Morgan fingerprint density at radius 1 is 1.62 bits per heavy atom. The molecule has 16 heavy (non-hydrogen) atoms. The van der Waals surface area contributed by atoms with Crippen molar-refractivity contribution in [2.24, 2.45) is 0 Å². The highest BCUT2D eigenvalue weighted by molar-refractivity contribution is 5.92. The second-order valence-electron chi connectivity index (χ2n) is 3.44. The number of pyridine rings is 1. The minimum Gasteiger partial charge on any atom is -0.394 e. The Bertz CT molecular complexity index is 351. The van der Waals surface area contributed by atoms with Crippen molar-refractivity contribution in [3.63, 3.8) is 0 Å². The van der Waals surface area contributed by atoms with E-state index in [1.54, 1.807) is 25.4 Å². The number of anilines is 1. The quantitative estimate of drug-likeness (QED) is 0.684. The molecule has 0 spiro atoms. The Balaban J connectivity index is 2.78. The van der Waals surface area contributed by atoms with Crippen molar-refractivity contribution in [3.8, 4) is 0 Å². The zero-order chi connectivity index (χ0) is 12.0. The van der Waals surface area contributed by atoms with E-state index < -0.39 is 0 Å². The Labute approximate surface area is 94.9 Å². The number of carbonyl (C=O) groups is 1. The molecule has 5 nitrogen and oxygen atoms in total. The second kappa shape index (κ2) is 6.07. The highest BCUT2D eigenvalue weighted by atomic mass is 16.3. The van der Waals surface area contributed by atoms with E-state index in [1.807, 2.05) is 6.92 Å². The molecule has 0 saturated heterocycles. The van der Waals surface area contributed by atoms with Gasteiger partial charge in [-0.25, -0.2) is 0 Å². The summed E-state index contributed by atoms with van der Waals surface area (Å²) in [6.45, 7) is 2.04. The Kier molecular flexibility index (Phi) is 4.72. The molecule has 1 aromatic heterocycles. The van der Waals surface area contributed by atoms with E-state index in [-0.39, 0.29) is 18.6 Å². The average molecular weight is 223 g/mol. The monoisotopic (exact) mass is 223 g/mol.